The van der Waals surface area contributed by atoms with Crippen LogP contribution < -0.4 is 16.8 Å². The van der Waals surface area contributed by atoms with E-state index in [0.717, 1.165) is 28.8 Å². The van der Waals surface area contributed by atoms with Crippen molar-refractivity contribution in [1.82, 2.24) is 5.32 Å². The van der Waals surface area contributed by atoms with Crippen molar-refractivity contribution in [2.24, 2.45) is 11.5 Å². The van der Waals surface area contributed by atoms with Gasteiger partial charge in [0.1, 0.15) is 5.82 Å². The lowest BCUT2D eigenvalue weighted by Gasteiger charge is -2.13. The standard InChI is InChI=1S/C15H22FN3/c1-4-14(17)10(2)11(3)15(18)19-9-12-5-7-13(16)8-6-12/h5-8,19H,4,9,17-18H2,1-3H3/b14-10-,15-11+. The number of hydrogen-bond acceptors (Lipinski definition) is 3. The minimum Gasteiger partial charge on any atom is -0.402 e. The molecule has 0 aliphatic carbocycles. The van der Waals surface area contributed by atoms with Crippen LogP contribution in [0.5, 0.6) is 0 Å². The zero-order valence-electron chi connectivity index (χ0n) is 11.8. The van der Waals surface area contributed by atoms with Gasteiger partial charge in [0.2, 0.25) is 0 Å². The van der Waals surface area contributed by atoms with E-state index in [1.807, 2.05) is 20.8 Å². The Morgan fingerprint density at radius 3 is 2.21 bits per heavy atom. The third-order valence-corrected chi connectivity index (χ3v) is 3.23. The first kappa shape index (κ1) is 15.1. The Labute approximate surface area is 114 Å². The lowest BCUT2D eigenvalue weighted by Crippen LogP contribution is -2.22. The van der Waals surface area contributed by atoms with Crippen molar-refractivity contribution in [1.29, 1.82) is 0 Å². The summed E-state index contributed by atoms with van der Waals surface area (Å²) < 4.78 is 12.8. The van der Waals surface area contributed by atoms with Gasteiger partial charge in [-0.3, -0.25) is 0 Å². The van der Waals surface area contributed by atoms with Crippen molar-refractivity contribution < 1.29 is 4.39 Å². The summed E-state index contributed by atoms with van der Waals surface area (Å²) in [6.45, 7) is 6.46. The third kappa shape index (κ3) is 4.32. The van der Waals surface area contributed by atoms with E-state index in [1.165, 1.54) is 12.1 Å². The molecule has 4 heteroatoms. The fourth-order valence-electron chi connectivity index (χ4n) is 1.64. The molecule has 3 nitrogen and oxygen atoms in total. The van der Waals surface area contributed by atoms with Gasteiger partial charge in [0.15, 0.2) is 0 Å². The fraction of sp³-hybridized carbons (Fsp3) is 0.333. The molecule has 19 heavy (non-hydrogen) atoms. The van der Waals surface area contributed by atoms with Crippen LogP contribution in [0, 0.1) is 5.82 Å². The molecule has 0 aliphatic heterocycles. The number of allylic oxidation sites excluding steroid dienone is 3. The molecule has 0 amide bonds. The normalized spacial score (nSPS) is 13.7. The van der Waals surface area contributed by atoms with Crippen LogP contribution in [0.3, 0.4) is 0 Å². The van der Waals surface area contributed by atoms with Gasteiger partial charge < -0.3 is 16.8 Å². The molecule has 0 aromatic heterocycles. The molecule has 0 unspecified atom stereocenters. The van der Waals surface area contributed by atoms with E-state index in [1.54, 1.807) is 12.1 Å². The summed E-state index contributed by atoms with van der Waals surface area (Å²) in [4.78, 5) is 0. The highest BCUT2D eigenvalue weighted by Gasteiger charge is 2.04. The molecule has 0 bridgehead atoms. The van der Waals surface area contributed by atoms with Crippen molar-refractivity contribution in [3.05, 3.63) is 58.3 Å². The van der Waals surface area contributed by atoms with E-state index in [4.69, 9.17) is 11.5 Å². The van der Waals surface area contributed by atoms with Gasteiger partial charge in [-0.15, -0.1) is 0 Å². The van der Waals surface area contributed by atoms with Crippen LogP contribution in [0.1, 0.15) is 32.8 Å². The Morgan fingerprint density at radius 1 is 1.11 bits per heavy atom. The molecule has 0 spiro atoms. The topological polar surface area (TPSA) is 64.1 Å². The van der Waals surface area contributed by atoms with Crippen LogP contribution in [-0.2, 0) is 6.54 Å². The SMILES string of the molecule is CC/C(N)=C(C)/C(C)=C(\N)NCc1ccc(F)cc1. The smallest absolute Gasteiger partial charge is 0.123 e. The predicted octanol–water partition coefficient (Wildman–Crippen LogP) is 2.75. The van der Waals surface area contributed by atoms with Crippen molar-refractivity contribution >= 4 is 0 Å². The fourth-order valence-corrected chi connectivity index (χ4v) is 1.64. The maximum atomic E-state index is 12.8. The van der Waals surface area contributed by atoms with Crippen LogP contribution >= 0.6 is 0 Å². The Balaban J connectivity index is 2.73. The average Bonchev–Trinajstić information content (AvgIpc) is 2.43. The summed E-state index contributed by atoms with van der Waals surface area (Å²) in [6.07, 6.45) is 0.800. The van der Waals surface area contributed by atoms with Gasteiger partial charge >= 0.3 is 0 Å². The molecule has 5 N–H and O–H groups in total. The molecule has 0 radical (unpaired) electrons. The van der Waals surface area contributed by atoms with Gasteiger partial charge in [0, 0.05) is 12.2 Å². The van der Waals surface area contributed by atoms with Gasteiger partial charge in [-0.25, -0.2) is 4.39 Å². The summed E-state index contributed by atoms with van der Waals surface area (Å²) >= 11 is 0. The van der Waals surface area contributed by atoms with Crippen molar-refractivity contribution in [2.45, 2.75) is 33.7 Å². The van der Waals surface area contributed by atoms with Crippen LogP contribution in [0.4, 0.5) is 4.39 Å². The first-order valence-corrected chi connectivity index (χ1v) is 6.36. The molecule has 0 saturated carbocycles. The summed E-state index contributed by atoms with van der Waals surface area (Å²) in [5.41, 5.74) is 15.7. The second kappa shape index (κ2) is 6.83. The highest BCUT2D eigenvalue weighted by atomic mass is 19.1. The van der Waals surface area contributed by atoms with Crippen LogP contribution in [-0.4, -0.2) is 0 Å². The maximum Gasteiger partial charge on any atom is 0.123 e. The lowest BCUT2D eigenvalue weighted by molar-refractivity contribution is 0.626. The molecular formula is C15H22FN3. The van der Waals surface area contributed by atoms with Crippen LogP contribution in [0.25, 0.3) is 0 Å². The molecule has 0 fully saturated rings. The average molecular weight is 263 g/mol. The molecule has 1 rings (SSSR count). The number of nitrogens with two attached hydrogens (primary N) is 2. The largest absolute Gasteiger partial charge is 0.402 e. The Hall–Kier alpha value is -1.97. The van der Waals surface area contributed by atoms with Gasteiger partial charge in [-0.05, 0) is 49.1 Å². The minimum absolute atomic E-state index is 0.238. The van der Waals surface area contributed by atoms with E-state index in [9.17, 15) is 4.39 Å². The number of halogens is 1. The Morgan fingerprint density at radius 2 is 1.68 bits per heavy atom. The van der Waals surface area contributed by atoms with E-state index >= 15 is 0 Å². The van der Waals surface area contributed by atoms with Gasteiger partial charge in [0.05, 0.1) is 5.82 Å². The number of rotatable bonds is 5. The lowest BCUT2D eigenvalue weighted by atomic mass is 10.1. The number of benzene rings is 1. The highest BCUT2D eigenvalue weighted by molar-refractivity contribution is 5.33. The second-order valence-corrected chi connectivity index (χ2v) is 4.52. The molecule has 1 aromatic rings. The predicted molar refractivity (Wildman–Crippen MR) is 77.3 cm³/mol. The Bertz CT molecular complexity index is 487. The monoisotopic (exact) mass is 263 g/mol. The Kier molecular flexibility index (Phi) is 5.42. The van der Waals surface area contributed by atoms with Crippen molar-refractivity contribution in [3.63, 3.8) is 0 Å². The van der Waals surface area contributed by atoms with Crippen molar-refractivity contribution in [2.75, 3.05) is 0 Å². The second-order valence-electron chi connectivity index (χ2n) is 4.52. The van der Waals surface area contributed by atoms with E-state index < -0.39 is 0 Å². The molecule has 0 atom stereocenters. The molecule has 0 saturated heterocycles. The van der Waals surface area contributed by atoms with Crippen molar-refractivity contribution in [3.8, 4) is 0 Å². The minimum atomic E-state index is -0.238. The number of nitrogens with one attached hydrogen (secondary N) is 1. The first-order chi connectivity index (χ1) is 8.95. The van der Waals surface area contributed by atoms with Gasteiger partial charge in [-0.2, -0.15) is 0 Å². The summed E-state index contributed by atoms with van der Waals surface area (Å²) in [6, 6.07) is 6.33. The van der Waals surface area contributed by atoms with Crippen LogP contribution in [0.2, 0.25) is 0 Å². The molecule has 104 valence electrons. The molecule has 1 aromatic carbocycles. The van der Waals surface area contributed by atoms with E-state index in [2.05, 4.69) is 5.32 Å². The summed E-state index contributed by atoms with van der Waals surface area (Å²) in [5, 5.41) is 3.12. The maximum absolute atomic E-state index is 12.8. The zero-order chi connectivity index (χ0) is 14.4. The molecule has 0 heterocycles. The number of hydrogen-bond donors (Lipinski definition) is 3. The first-order valence-electron chi connectivity index (χ1n) is 6.36. The summed E-state index contributed by atoms with van der Waals surface area (Å²) in [7, 11) is 0. The van der Waals surface area contributed by atoms with Crippen LogP contribution in [0.15, 0.2) is 46.9 Å². The van der Waals surface area contributed by atoms with E-state index in [0.29, 0.717) is 12.4 Å². The highest BCUT2D eigenvalue weighted by Crippen LogP contribution is 2.14. The van der Waals surface area contributed by atoms with Gasteiger partial charge in [-0.1, -0.05) is 19.1 Å². The quantitative estimate of drug-likeness (QED) is 0.716. The van der Waals surface area contributed by atoms with E-state index in [-0.39, 0.29) is 5.82 Å². The third-order valence-electron chi connectivity index (χ3n) is 3.23. The molecule has 0 aliphatic rings. The summed E-state index contributed by atoms with van der Waals surface area (Å²) in [5.74, 6) is 0.358. The molecular weight excluding hydrogens is 241 g/mol. The zero-order valence-corrected chi connectivity index (χ0v) is 11.8. The van der Waals surface area contributed by atoms with Gasteiger partial charge in [0.25, 0.3) is 0 Å².